The molecule has 0 radical (unpaired) electrons. The average Bonchev–Trinajstić information content (AvgIpc) is 3.22. The molecule has 4 rings (SSSR count). The first-order chi connectivity index (χ1) is 19.2. The van der Waals surface area contributed by atoms with Crippen LogP contribution in [0.15, 0.2) is 66.2 Å². The third kappa shape index (κ3) is 5.61. The van der Waals surface area contributed by atoms with Gasteiger partial charge in [0.25, 0.3) is 11.7 Å². The van der Waals surface area contributed by atoms with Crippen LogP contribution in [0.2, 0.25) is 0 Å². The molecular weight excluding hydrogens is 510 g/mol. The minimum absolute atomic E-state index is 0.0244. The number of aliphatic hydroxyl groups excluding tert-OH is 1. The molecule has 1 aliphatic rings. The van der Waals surface area contributed by atoms with Crippen LogP contribution < -0.4 is 23.8 Å². The van der Waals surface area contributed by atoms with Crippen molar-refractivity contribution in [3.63, 3.8) is 0 Å². The van der Waals surface area contributed by atoms with Gasteiger partial charge in [-0.2, -0.15) is 0 Å². The number of aliphatic hydroxyl groups is 1. The number of rotatable bonds is 10. The smallest absolute Gasteiger partial charge is 0.300 e. The second-order valence-electron chi connectivity index (χ2n) is 9.90. The van der Waals surface area contributed by atoms with Crippen LogP contribution in [0.5, 0.6) is 23.0 Å². The Morgan fingerprint density at radius 3 is 2.20 bits per heavy atom. The molecule has 1 amide bonds. The molecule has 1 fully saturated rings. The summed E-state index contributed by atoms with van der Waals surface area (Å²) in [6.07, 6.45) is 0. The SMILES string of the molecule is CCOc1cc(C2/C(=C(/O)c3ccc(OCC(C)C)c(C)c3)C(=O)C(=O)N2c2ccc(OC)cc2)ccc1OC. The average molecular weight is 546 g/mol. The van der Waals surface area contributed by atoms with Gasteiger partial charge in [-0.25, -0.2) is 0 Å². The zero-order valence-electron chi connectivity index (χ0n) is 23.7. The van der Waals surface area contributed by atoms with E-state index in [1.165, 1.54) is 12.0 Å². The Morgan fingerprint density at radius 1 is 0.900 bits per heavy atom. The van der Waals surface area contributed by atoms with Crippen LogP contribution in [0.3, 0.4) is 0 Å². The van der Waals surface area contributed by atoms with Crippen molar-refractivity contribution < 1.29 is 33.6 Å². The number of hydrogen-bond acceptors (Lipinski definition) is 7. The van der Waals surface area contributed by atoms with Gasteiger partial charge in [-0.3, -0.25) is 14.5 Å². The zero-order valence-corrected chi connectivity index (χ0v) is 23.7. The predicted molar refractivity (Wildman–Crippen MR) is 153 cm³/mol. The molecule has 3 aromatic carbocycles. The fourth-order valence-electron chi connectivity index (χ4n) is 4.66. The van der Waals surface area contributed by atoms with Gasteiger partial charge in [0, 0.05) is 11.3 Å². The standard InChI is InChI=1S/C32H35NO7/c1-7-39-27-17-21(8-15-26(27)38-6)29-28(30(34)22-9-14-25(20(4)16-22)40-18-19(2)3)31(35)32(36)33(29)23-10-12-24(37-5)13-11-23/h8-17,19,29,34H,7,18H2,1-6H3/b30-28-. The Balaban J connectivity index is 1.88. The Hall–Kier alpha value is -4.46. The van der Waals surface area contributed by atoms with Gasteiger partial charge in [0.1, 0.15) is 17.3 Å². The summed E-state index contributed by atoms with van der Waals surface area (Å²) in [6, 6.07) is 16.3. The first-order valence-corrected chi connectivity index (χ1v) is 13.2. The van der Waals surface area contributed by atoms with Gasteiger partial charge in [-0.15, -0.1) is 0 Å². The van der Waals surface area contributed by atoms with Crippen LogP contribution in [0.25, 0.3) is 5.76 Å². The van der Waals surface area contributed by atoms with Gasteiger partial charge < -0.3 is 24.1 Å². The molecule has 1 heterocycles. The third-order valence-electron chi connectivity index (χ3n) is 6.62. The van der Waals surface area contributed by atoms with E-state index in [9.17, 15) is 14.7 Å². The summed E-state index contributed by atoms with van der Waals surface area (Å²) in [4.78, 5) is 28.5. The van der Waals surface area contributed by atoms with Crippen molar-refractivity contribution in [2.45, 2.75) is 33.7 Å². The summed E-state index contributed by atoms with van der Waals surface area (Å²) >= 11 is 0. The molecular formula is C32H35NO7. The molecule has 1 N–H and O–H groups in total. The van der Waals surface area contributed by atoms with E-state index in [1.807, 2.05) is 13.8 Å². The van der Waals surface area contributed by atoms with E-state index in [4.69, 9.17) is 18.9 Å². The maximum Gasteiger partial charge on any atom is 0.300 e. The Morgan fingerprint density at radius 2 is 1.60 bits per heavy atom. The first-order valence-electron chi connectivity index (χ1n) is 13.2. The van der Waals surface area contributed by atoms with Gasteiger partial charge in [0.05, 0.1) is 39.0 Å². The number of Topliss-reactive ketones (excluding diaryl/α,β-unsaturated/α-hetero) is 1. The van der Waals surface area contributed by atoms with Crippen LogP contribution in [-0.2, 0) is 9.59 Å². The number of ether oxygens (including phenoxy) is 4. The molecule has 1 atom stereocenters. The summed E-state index contributed by atoms with van der Waals surface area (Å²) in [5.74, 6) is 0.820. The third-order valence-corrected chi connectivity index (χ3v) is 6.62. The summed E-state index contributed by atoms with van der Waals surface area (Å²) in [5.41, 5.74) is 2.24. The molecule has 1 aliphatic heterocycles. The number of methoxy groups -OCH3 is 2. The lowest BCUT2D eigenvalue weighted by Crippen LogP contribution is -2.29. The normalized spacial score (nSPS) is 16.4. The maximum absolute atomic E-state index is 13.6. The molecule has 8 nitrogen and oxygen atoms in total. The molecule has 3 aromatic rings. The van der Waals surface area contributed by atoms with Crippen LogP contribution in [0.1, 0.15) is 43.5 Å². The van der Waals surface area contributed by atoms with Crippen molar-refractivity contribution in [3.05, 3.63) is 82.9 Å². The molecule has 1 unspecified atom stereocenters. The minimum atomic E-state index is -0.921. The van der Waals surface area contributed by atoms with Crippen molar-refractivity contribution in [2.24, 2.45) is 5.92 Å². The number of anilines is 1. The quantitative estimate of drug-likeness (QED) is 0.188. The molecule has 0 spiro atoms. The highest BCUT2D eigenvalue weighted by Crippen LogP contribution is 2.44. The second kappa shape index (κ2) is 12.2. The summed E-state index contributed by atoms with van der Waals surface area (Å²) < 4.78 is 22.4. The molecule has 0 aliphatic carbocycles. The molecule has 0 saturated carbocycles. The lowest BCUT2D eigenvalue weighted by atomic mass is 9.94. The number of ketones is 1. The van der Waals surface area contributed by atoms with Gasteiger partial charge >= 0.3 is 0 Å². The van der Waals surface area contributed by atoms with Crippen molar-refractivity contribution in [3.8, 4) is 23.0 Å². The molecule has 8 heteroatoms. The lowest BCUT2D eigenvalue weighted by Gasteiger charge is -2.26. The Bertz CT molecular complexity index is 1430. The highest BCUT2D eigenvalue weighted by Gasteiger charge is 2.47. The van der Waals surface area contributed by atoms with Gasteiger partial charge in [-0.1, -0.05) is 19.9 Å². The van der Waals surface area contributed by atoms with Gasteiger partial charge in [-0.05, 0) is 85.5 Å². The lowest BCUT2D eigenvalue weighted by molar-refractivity contribution is -0.132. The molecule has 0 aromatic heterocycles. The van der Waals surface area contributed by atoms with E-state index in [2.05, 4.69) is 13.8 Å². The maximum atomic E-state index is 13.6. The van der Waals surface area contributed by atoms with Crippen molar-refractivity contribution in [1.82, 2.24) is 0 Å². The number of benzene rings is 3. The van der Waals surface area contributed by atoms with Crippen molar-refractivity contribution in [1.29, 1.82) is 0 Å². The van der Waals surface area contributed by atoms with Crippen LogP contribution in [0, 0.1) is 12.8 Å². The second-order valence-corrected chi connectivity index (χ2v) is 9.90. The first kappa shape index (κ1) is 28.5. The fraction of sp³-hybridized carbons (Fsp3) is 0.312. The van der Waals surface area contributed by atoms with Crippen LogP contribution in [-0.4, -0.2) is 44.2 Å². The minimum Gasteiger partial charge on any atom is -0.507 e. The van der Waals surface area contributed by atoms with Crippen LogP contribution in [0.4, 0.5) is 5.69 Å². The summed E-state index contributed by atoms with van der Waals surface area (Å²) in [6.45, 7) is 8.80. The number of carbonyl (C=O) groups excluding carboxylic acids is 2. The zero-order chi connectivity index (χ0) is 29.0. The van der Waals surface area contributed by atoms with Gasteiger partial charge in [0.15, 0.2) is 11.5 Å². The van der Waals surface area contributed by atoms with Gasteiger partial charge in [0.2, 0.25) is 0 Å². The number of carbonyl (C=O) groups is 2. The molecule has 0 bridgehead atoms. The van der Waals surface area contributed by atoms with E-state index in [1.54, 1.807) is 67.8 Å². The fourth-order valence-corrected chi connectivity index (χ4v) is 4.66. The van der Waals surface area contributed by atoms with E-state index < -0.39 is 17.7 Å². The molecule has 40 heavy (non-hydrogen) atoms. The Labute approximate surface area is 234 Å². The van der Waals surface area contributed by atoms with Crippen molar-refractivity contribution in [2.75, 3.05) is 32.3 Å². The largest absolute Gasteiger partial charge is 0.507 e. The van der Waals surface area contributed by atoms with E-state index in [-0.39, 0.29) is 11.3 Å². The summed E-state index contributed by atoms with van der Waals surface area (Å²) in [5, 5.41) is 11.6. The van der Waals surface area contributed by atoms with Crippen molar-refractivity contribution >= 4 is 23.1 Å². The van der Waals surface area contributed by atoms with Crippen LogP contribution >= 0.6 is 0 Å². The topological polar surface area (TPSA) is 94.5 Å². The number of aryl methyl sites for hydroxylation is 1. The number of hydrogen-bond donors (Lipinski definition) is 1. The highest BCUT2D eigenvalue weighted by molar-refractivity contribution is 6.51. The van der Waals surface area contributed by atoms with E-state index in [0.717, 1.165) is 5.56 Å². The van der Waals surface area contributed by atoms with E-state index in [0.29, 0.717) is 58.9 Å². The molecule has 210 valence electrons. The monoisotopic (exact) mass is 545 g/mol. The highest BCUT2D eigenvalue weighted by atomic mass is 16.5. The number of nitrogens with zero attached hydrogens (tertiary/aromatic N) is 1. The predicted octanol–water partition coefficient (Wildman–Crippen LogP) is 6.07. The summed E-state index contributed by atoms with van der Waals surface area (Å²) in [7, 11) is 3.09. The number of amides is 1. The molecule has 1 saturated heterocycles. The Kier molecular flexibility index (Phi) is 8.67. The van der Waals surface area contributed by atoms with E-state index >= 15 is 0 Å².